The average molecular weight is 524 g/mol. The van der Waals surface area contributed by atoms with Crippen molar-refractivity contribution < 1.29 is 0 Å². The number of imidazole rings is 1. The van der Waals surface area contributed by atoms with Gasteiger partial charge in [-0.15, -0.1) is 0 Å². The third-order valence-corrected chi connectivity index (χ3v) is 7.92. The van der Waals surface area contributed by atoms with E-state index in [4.69, 9.17) is 4.98 Å². The molecule has 0 aliphatic heterocycles. The molecule has 0 unspecified atom stereocenters. The molecule has 0 aliphatic rings. The van der Waals surface area contributed by atoms with Crippen LogP contribution in [0.25, 0.3) is 71.9 Å². The first kappa shape index (κ1) is 23.4. The first-order chi connectivity index (χ1) is 20.4. The summed E-state index contributed by atoms with van der Waals surface area (Å²) in [6.45, 7) is 0. The molecule has 0 aliphatic carbocycles. The highest BCUT2D eigenvalue weighted by atomic mass is 15.1. The van der Waals surface area contributed by atoms with Gasteiger partial charge >= 0.3 is 0 Å². The lowest BCUT2D eigenvalue weighted by molar-refractivity contribution is 1.11. The van der Waals surface area contributed by atoms with E-state index in [9.17, 15) is 0 Å². The zero-order valence-electron chi connectivity index (χ0n) is 22.3. The molecular formula is C38H25N3. The van der Waals surface area contributed by atoms with Gasteiger partial charge in [0.2, 0.25) is 0 Å². The number of hydrogen-bond donors (Lipinski definition) is 0. The second kappa shape index (κ2) is 9.58. The van der Waals surface area contributed by atoms with Gasteiger partial charge < -0.3 is 0 Å². The van der Waals surface area contributed by atoms with Gasteiger partial charge in [0, 0.05) is 23.6 Å². The predicted octanol–water partition coefficient (Wildman–Crippen LogP) is 9.73. The lowest BCUT2D eigenvalue weighted by Crippen LogP contribution is -1.99. The van der Waals surface area contributed by atoms with Crippen molar-refractivity contribution in [2.45, 2.75) is 0 Å². The smallest absolute Gasteiger partial charge is 0.146 e. The van der Waals surface area contributed by atoms with Gasteiger partial charge in [0.15, 0.2) is 0 Å². The summed E-state index contributed by atoms with van der Waals surface area (Å²) in [6.07, 6.45) is 3.72. The molecule has 41 heavy (non-hydrogen) atoms. The van der Waals surface area contributed by atoms with Gasteiger partial charge in [-0.25, -0.2) is 4.98 Å². The molecule has 0 radical (unpaired) electrons. The maximum atomic E-state index is 5.28. The van der Waals surface area contributed by atoms with Crippen molar-refractivity contribution in [3.8, 4) is 39.3 Å². The van der Waals surface area contributed by atoms with Crippen LogP contribution in [0.3, 0.4) is 0 Å². The highest BCUT2D eigenvalue weighted by Crippen LogP contribution is 2.46. The van der Waals surface area contributed by atoms with Crippen molar-refractivity contribution in [1.82, 2.24) is 14.5 Å². The number of pyridine rings is 1. The highest BCUT2D eigenvalue weighted by molar-refractivity contribution is 6.22. The van der Waals surface area contributed by atoms with Crippen molar-refractivity contribution in [1.29, 1.82) is 0 Å². The number of benzene rings is 6. The van der Waals surface area contributed by atoms with E-state index < -0.39 is 0 Å². The van der Waals surface area contributed by atoms with Crippen LogP contribution in [-0.2, 0) is 0 Å². The summed E-state index contributed by atoms with van der Waals surface area (Å²) in [6, 6.07) is 49.3. The number of nitrogens with zero attached hydrogens (tertiary/aromatic N) is 3. The summed E-state index contributed by atoms with van der Waals surface area (Å²) in [5.74, 6) is 0.943. The Kier molecular flexibility index (Phi) is 5.46. The van der Waals surface area contributed by atoms with Crippen molar-refractivity contribution in [3.63, 3.8) is 0 Å². The molecular weight excluding hydrogens is 498 g/mol. The van der Waals surface area contributed by atoms with Gasteiger partial charge in [-0.1, -0.05) is 103 Å². The van der Waals surface area contributed by atoms with Crippen LogP contribution in [0, 0.1) is 0 Å². The minimum atomic E-state index is 0.943. The molecule has 0 N–H and O–H groups in total. The standard InChI is InChI=1S/C38H25N3/c1-2-12-27(13-3-1)41-35-21-11-10-20-34(35)40-38(41)37-32-18-8-6-16-30(32)36(31-17-7-9-19-33(31)37)29-15-5-4-14-28(29)26-22-24-39-25-23-26/h1-25H. The van der Waals surface area contributed by atoms with E-state index in [2.05, 4.69) is 149 Å². The van der Waals surface area contributed by atoms with Gasteiger partial charge in [0.25, 0.3) is 0 Å². The van der Waals surface area contributed by atoms with Crippen molar-refractivity contribution in [3.05, 3.63) is 152 Å². The van der Waals surface area contributed by atoms with Crippen LogP contribution >= 0.6 is 0 Å². The Bertz CT molecular complexity index is 2140. The third-order valence-electron chi connectivity index (χ3n) is 7.92. The maximum Gasteiger partial charge on any atom is 0.146 e. The third kappa shape index (κ3) is 3.75. The summed E-state index contributed by atoms with van der Waals surface area (Å²) in [5, 5.41) is 4.76. The lowest BCUT2D eigenvalue weighted by Gasteiger charge is -2.20. The first-order valence-corrected chi connectivity index (χ1v) is 13.8. The molecule has 0 atom stereocenters. The van der Waals surface area contributed by atoms with Crippen LogP contribution in [0.5, 0.6) is 0 Å². The van der Waals surface area contributed by atoms with Crippen molar-refractivity contribution in [2.24, 2.45) is 0 Å². The zero-order valence-corrected chi connectivity index (χ0v) is 22.3. The fraction of sp³-hybridized carbons (Fsp3) is 0. The Morgan fingerprint density at radius 3 is 1.66 bits per heavy atom. The van der Waals surface area contributed by atoms with Gasteiger partial charge in [-0.3, -0.25) is 9.55 Å². The first-order valence-electron chi connectivity index (χ1n) is 13.8. The molecule has 2 heterocycles. The number of rotatable bonds is 4. The Morgan fingerprint density at radius 1 is 0.439 bits per heavy atom. The van der Waals surface area contributed by atoms with E-state index in [1.54, 1.807) is 0 Å². The normalized spacial score (nSPS) is 11.4. The Morgan fingerprint density at radius 2 is 0.976 bits per heavy atom. The van der Waals surface area contributed by atoms with Crippen LogP contribution in [0.4, 0.5) is 0 Å². The minimum Gasteiger partial charge on any atom is -0.292 e. The molecule has 0 bridgehead atoms. The number of hydrogen-bond acceptors (Lipinski definition) is 2. The van der Waals surface area contributed by atoms with E-state index in [0.717, 1.165) is 33.7 Å². The van der Waals surface area contributed by atoms with Crippen LogP contribution in [0.15, 0.2) is 152 Å². The second-order valence-electron chi connectivity index (χ2n) is 10.2. The molecule has 0 amide bonds. The van der Waals surface area contributed by atoms with Gasteiger partial charge in [0.1, 0.15) is 5.82 Å². The SMILES string of the molecule is c1ccc(-n2c(-c3c4ccccc4c(-c4ccccc4-c4ccncc4)c4ccccc34)nc3ccccc32)cc1. The summed E-state index contributed by atoms with van der Waals surface area (Å²) in [5.41, 5.74) is 9.08. The van der Waals surface area contributed by atoms with E-state index >= 15 is 0 Å². The molecule has 2 aromatic heterocycles. The molecule has 0 saturated carbocycles. The number of fused-ring (bicyclic) bond motifs is 3. The fourth-order valence-corrected chi connectivity index (χ4v) is 6.18. The zero-order chi connectivity index (χ0) is 27.2. The lowest BCUT2D eigenvalue weighted by atomic mass is 9.85. The molecule has 0 saturated heterocycles. The van der Waals surface area contributed by atoms with Gasteiger partial charge in [-0.2, -0.15) is 0 Å². The molecule has 3 heteroatoms. The van der Waals surface area contributed by atoms with E-state index in [-0.39, 0.29) is 0 Å². The van der Waals surface area contributed by atoms with Crippen LogP contribution < -0.4 is 0 Å². The second-order valence-corrected chi connectivity index (χ2v) is 10.2. The summed E-state index contributed by atoms with van der Waals surface area (Å²) in [4.78, 5) is 9.54. The molecule has 0 fully saturated rings. The molecule has 8 rings (SSSR count). The van der Waals surface area contributed by atoms with Crippen LogP contribution in [-0.4, -0.2) is 14.5 Å². The van der Waals surface area contributed by atoms with E-state index in [1.807, 2.05) is 12.4 Å². The number of para-hydroxylation sites is 3. The molecule has 0 spiro atoms. The Balaban J connectivity index is 1.53. The molecule has 3 nitrogen and oxygen atoms in total. The van der Waals surface area contributed by atoms with E-state index in [1.165, 1.54) is 38.2 Å². The quantitative estimate of drug-likeness (QED) is 0.215. The average Bonchev–Trinajstić information content (AvgIpc) is 3.43. The van der Waals surface area contributed by atoms with Crippen LogP contribution in [0.2, 0.25) is 0 Å². The largest absolute Gasteiger partial charge is 0.292 e. The Hall–Kier alpha value is -5.54. The van der Waals surface area contributed by atoms with Crippen molar-refractivity contribution in [2.75, 3.05) is 0 Å². The topological polar surface area (TPSA) is 30.7 Å². The molecule has 8 aromatic rings. The molecule has 6 aromatic carbocycles. The minimum absolute atomic E-state index is 0.943. The van der Waals surface area contributed by atoms with Crippen LogP contribution in [0.1, 0.15) is 0 Å². The summed E-state index contributed by atoms with van der Waals surface area (Å²) in [7, 11) is 0. The predicted molar refractivity (Wildman–Crippen MR) is 170 cm³/mol. The monoisotopic (exact) mass is 523 g/mol. The van der Waals surface area contributed by atoms with E-state index in [0.29, 0.717) is 0 Å². The Labute approximate surface area is 238 Å². The fourth-order valence-electron chi connectivity index (χ4n) is 6.18. The summed E-state index contributed by atoms with van der Waals surface area (Å²) >= 11 is 0. The summed E-state index contributed by atoms with van der Waals surface area (Å²) < 4.78 is 2.30. The molecule has 192 valence electrons. The van der Waals surface area contributed by atoms with Crippen molar-refractivity contribution >= 4 is 32.6 Å². The number of aromatic nitrogens is 3. The van der Waals surface area contributed by atoms with Gasteiger partial charge in [0.05, 0.1) is 11.0 Å². The highest BCUT2D eigenvalue weighted by Gasteiger charge is 2.22. The maximum absolute atomic E-state index is 5.28. The van der Waals surface area contributed by atoms with Gasteiger partial charge in [-0.05, 0) is 80.2 Å².